The third-order valence-corrected chi connectivity index (χ3v) is 7.51. The van der Waals surface area contributed by atoms with Crippen molar-refractivity contribution in [2.75, 3.05) is 18.5 Å². The van der Waals surface area contributed by atoms with Crippen LogP contribution in [0.3, 0.4) is 0 Å². The summed E-state index contributed by atoms with van der Waals surface area (Å²) in [6, 6.07) is 8.96. The summed E-state index contributed by atoms with van der Waals surface area (Å²) in [4.78, 5) is 27.1. The molecule has 2 aromatic carbocycles. The van der Waals surface area contributed by atoms with Gasteiger partial charge in [-0.3, -0.25) is 9.48 Å². The molecule has 0 radical (unpaired) electrons. The Labute approximate surface area is 252 Å². The van der Waals surface area contributed by atoms with E-state index in [1.807, 2.05) is 39.3 Å². The van der Waals surface area contributed by atoms with Crippen LogP contribution in [0.15, 0.2) is 40.9 Å². The van der Waals surface area contributed by atoms with Crippen LogP contribution in [0.1, 0.15) is 48.8 Å². The fourth-order valence-corrected chi connectivity index (χ4v) is 5.44. The van der Waals surface area contributed by atoms with Crippen molar-refractivity contribution >= 4 is 62.9 Å². The minimum Gasteiger partial charge on any atom is -0.490 e. The van der Waals surface area contributed by atoms with Crippen LogP contribution in [0, 0.1) is 13.8 Å². The Morgan fingerprint density at radius 3 is 2.58 bits per heavy atom. The van der Waals surface area contributed by atoms with E-state index < -0.39 is 11.7 Å². The minimum atomic E-state index is -0.606. The van der Waals surface area contributed by atoms with Crippen LogP contribution in [-0.4, -0.2) is 45.4 Å². The summed E-state index contributed by atoms with van der Waals surface area (Å²) in [5.41, 5.74) is 3.98. The first-order valence-corrected chi connectivity index (χ1v) is 14.3. The average molecular weight is 650 g/mol. The first kappa shape index (κ1) is 30.0. The van der Waals surface area contributed by atoms with Crippen molar-refractivity contribution in [1.29, 1.82) is 0 Å². The Morgan fingerprint density at radius 1 is 1.20 bits per heavy atom. The summed E-state index contributed by atoms with van der Waals surface area (Å²) in [7, 11) is 0. The lowest BCUT2D eigenvalue weighted by molar-refractivity contribution is -0.111. The first-order valence-electron chi connectivity index (χ1n) is 12.7. The molecule has 3 aromatic rings. The molecule has 212 valence electrons. The number of carbonyl (C=O) groups is 2. The Bertz CT molecular complexity index is 1460. The lowest BCUT2D eigenvalue weighted by Gasteiger charge is -2.26. The van der Waals surface area contributed by atoms with Gasteiger partial charge in [0.05, 0.1) is 29.8 Å². The number of ether oxygens (including phenoxy) is 2. The number of nitrogens with one attached hydrogen (secondary N) is 1. The molecule has 1 N–H and O–H groups in total. The van der Waals surface area contributed by atoms with Gasteiger partial charge in [0, 0.05) is 44.2 Å². The van der Waals surface area contributed by atoms with Gasteiger partial charge in [-0.2, -0.15) is 5.10 Å². The number of aromatic nitrogens is 2. The average Bonchev–Trinajstić information content (AvgIpc) is 2.99. The Balaban J connectivity index is 1.49. The second kappa shape index (κ2) is 12.2. The lowest BCUT2D eigenvalue weighted by atomic mass is 10.1. The van der Waals surface area contributed by atoms with Crippen LogP contribution in [0.4, 0.5) is 10.5 Å². The van der Waals surface area contributed by atoms with Crippen LogP contribution in [0.2, 0.25) is 10.0 Å². The number of halogens is 3. The van der Waals surface area contributed by atoms with Crippen LogP contribution in [-0.2, 0) is 22.6 Å². The molecule has 0 spiro atoms. The molecule has 8 nitrogen and oxygen atoms in total. The molecule has 40 heavy (non-hydrogen) atoms. The highest BCUT2D eigenvalue weighted by Gasteiger charge is 2.26. The standard InChI is InChI=1S/C29H31BrCl2N4O4/c1-17-21(18(2)36(34-17)16-22-24(31)7-6-8-25(22)32)9-10-26(37)33-20-13-19-15-35(28(38)40-29(3,4)5)11-12-39-27(19)23(30)14-20/h6-10,13-14H,11-12,15-16H2,1-5H3,(H,33,37)/b10-9+. The van der Waals surface area contributed by atoms with Crippen molar-refractivity contribution in [3.05, 3.63) is 79.0 Å². The zero-order valence-corrected chi connectivity index (χ0v) is 26.1. The molecule has 0 saturated heterocycles. The summed E-state index contributed by atoms with van der Waals surface area (Å²) < 4.78 is 13.9. The van der Waals surface area contributed by atoms with Gasteiger partial charge in [-0.15, -0.1) is 0 Å². The van der Waals surface area contributed by atoms with Gasteiger partial charge in [0.25, 0.3) is 0 Å². The van der Waals surface area contributed by atoms with E-state index in [-0.39, 0.29) is 12.5 Å². The zero-order chi connectivity index (χ0) is 29.2. The highest BCUT2D eigenvalue weighted by Crippen LogP contribution is 2.35. The number of fused-ring (bicyclic) bond motifs is 1. The highest BCUT2D eigenvalue weighted by molar-refractivity contribution is 9.10. The summed E-state index contributed by atoms with van der Waals surface area (Å²) in [6.07, 6.45) is 2.79. The largest absolute Gasteiger partial charge is 0.490 e. The van der Waals surface area contributed by atoms with E-state index in [2.05, 4.69) is 26.3 Å². The maximum Gasteiger partial charge on any atom is 0.410 e. The number of hydrogen-bond donors (Lipinski definition) is 1. The number of rotatable bonds is 5. The van der Waals surface area contributed by atoms with Gasteiger partial charge in [-0.1, -0.05) is 29.3 Å². The molecule has 0 bridgehead atoms. The molecule has 0 fully saturated rings. The third-order valence-electron chi connectivity index (χ3n) is 6.22. The summed E-state index contributed by atoms with van der Waals surface area (Å²) >= 11 is 16.2. The summed E-state index contributed by atoms with van der Waals surface area (Å²) in [5.74, 6) is 0.322. The van der Waals surface area contributed by atoms with E-state index >= 15 is 0 Å². The number of benzene rings is 2. The minimum absolute atomic E-state index is 0.287. The van der Waals surface area contributed by atoms with Crippen molar-refractivity contribution in [2.45, 2.75) is 53.3 Å². The number of aryl methyl sites for hydroxylation is 1. The third kappa shape index (κ3) is 7.19. The number of anilines is 1. The van der Waals surface area contributed by atoms with Crippen LogP contribution >= 0.6 is 39.1 Å². The number of carbonyl (C=O) groups excluding carboxylic acids is 2. The fraction of sp³-hybridized carbons (Fsp3) is 0.345. The maximum absolute atomic E-state index is 12.9. The van der Waals surface area contributed by atoms with Crippen molar-refractivity contribution < 1.29 is 19.1 Å². The van der Waals surface area contributed by atoms with Crippen LogP contribution in [0.25, 0.3) is 6.08 Å². The molecule has 1 aliphatic heterocycles. The molecule has 1 aliphatic rings. The molecule has 1 aromatic heterocycles. The lowest BCUT2D eigenvalue weighted by Crippen LogP contribution is -2.37. The van der Waals surface area contributed by atoms with E-state index in [4.69, 9.17) is 32.7 Å². The molecule has 11 heteroatoms. The predicted molar refractivity (Wildman–Crippen MR) is 161 cm³/mol. The van der Waals surface area contributed by atoms with Gasteiger partial charge in [-0.25, -0.2) is 4.79 Å². The van der Waals surface area contributed by atoms with E-state index in [0.29, 0.717) is 45.7 Å². The van der Waals surface area contributed by atoms with Gasteiger partial charge in [0.15, 0.2) is 0 Å². The molecule has 0 aliphatic carbocycles. The van der Waals surface area contributed by atoms with Crippen LogP contribution in [0.5, 0.6) is 5.75 Å². The predicted octanol–water partition coefficient (Wildman–Crippen LogP) is 7.40. The van der Waals surface area contributed by atoms with Gasteiger partial charge < -0.3 is 19.7 Å². The molecule has 0 atom stereocenters. The molecular weight excluding hydrogens is 619 g/mol. The Hall–Kier alpha value is -3.01. The van der Waals surface area contributed by atoms with E-state index in [1.54, 1.807) is 41.3 Å². The zero-order valence-electron chi connectivity index (χ0n) is 23.0. The first-order chi connectivity index (χ1) is 18.8. The SMILES string of the molecule is Cc1nn(Cc2c(Cl)cccc2Cl)c(C)c1/C=C/C(=O)Nc1cc(Br)c2c(c1)CN(C(=O)OC(C)(C)C)CCO2. The van der Waals surface area contributed by atoms with Crippen molar-refractivity contribution in [3.63, 3.8) is 0 Å². The fourth-order valence-electron chi connectivity index (χ4n) is 4.31. The summed E-state index contributed by atoms with van der Waals surface area (Å²) in [6.45, 7) is 10.7. The Morgan fingerprint density at radius 2 is 1.90 bits per heavy atom. The van der Waals surface area contributed by atoms with Crippen molar-refractivity contribution in [1.82, 2.24) is 14.7 Å². The van der Waals surface area contributed by atoms with Crippen molar-refractivity contribution in [2.24, 2.45) is 0 Å². The van der Waals surface area contributed by atoms with Gasteiger partial charge in [-0.05, 0) is 80.9 Å². The van der Waals surface area contributed by atoms with E-state index in [1.165, 1.54) is 6.08 Å². The van der Waals surface area contributed by atoms with E-state index in [0.717, 1.165) is 28.1 Å². The van der Waals surface area contributed by atoms with Gasteiger partial charge in [0.1, 0.15) is 18.0 Å². The Kier molecular flexibility index (Phi) is 9.17. The van der Waals surface area contributed by atoms with E-state index in [9.17, 15) is 9.59 Å². The van der Waals surface area contributed by atoms with Gasteiger partial charge >= 0.3 is 6.09 Å². The number of amides is 2. The molecule has 0 saturated carbocycles. The molecule has 4 rings (SSSR count). The second-order valence-corrected chi connectivity index (χ2v) is 12.1. The molecular formula is C29H31BrCl2N4O4. The number of nitrogens with zero attached hydrogens (tertiary/aromatic N) is 3. The second-order valence-electron chi connectivity index (χ2n) is 10.5. The van der Waals surface area contributed by atoms with Crippen LogP contribution < -0.4 is 10.1 Å². The molecule has 2 amide bonds. The number of hydrogen-bond acceptors (Lipinski definition) is 5. The summed E-state index contributed by atoms with van der Waals surface area (Å²) in [5, 5.41) is 8.66. The smallest absolute Gasteiger partial charge is 0.410 e. The van der Waals surface area contributed by atoms with Gasteiger partial charge in [0.2, 0.25) is 5.91 Å². The quantitative estimate of drug-likeness (QED) is 0.291. The maximum atomic E-state index is 12.9. The highest BCUT2D eigenvalue weighted by atomic mass is 79.9. The molecule has 2 heterocycles. The van der Waals surface area contributed by atoms with Crippen molar-refractivity contribution in [3.8, 4) is 5.75 Å². The normalized spacial score (nSPS) is 13.6. The molecule has 0 unspecified atom stereocenters. The topological polar surface area (TPSA) is 85.7 Å². The monoisotopic (exact) mass is 648 g/mol.